The molecule has 1 rings (SSSR count). The lowest BCUT2D eigenvalue weighted by Gasteiger charge is -2.30. The first kappa shape index (κ1) is 19.5. The summed E-state index contributed by atoms with van der Waals surface area (Å²) in [5, 5.41) is 6.39. The Balaban J connectivity index is 2.51. The predicted molar refractivity (Wildman–Crippen MR) is 78.1 cm³/mol. The lowest BCUT2D eigenvalue weighted by atomic mass is 10.2. The van der Waals surface area contributed by atoms with Crippen molar-refractivity contribution in [1.29, 1.82) is 0 Å². The molecule has 0 aliphatic heterocycles. The van der Waals surface area contributed by atoms with Crippen LogP contribution in [0.1, 0.15) is 18.5 Å². The molecule has 128 valence electrons. The Hall–Kier alpha value is -0.570. The van der Waals surface area contributed by atoms with Gasteiger partial charge in [0.15, 0.2) is 0 Å². The maximum Gasteiger partial charge on any atom is 0.369 e. The van der Waals surface area contributed by atoms with Crippen LogP contribution in [0, 0.1) is 0 Å². The molecule has 0 spiro atoms. The normalized spacial score (nSPS) is 13.8. The van der Waals surface area contributed by atoms with Crippen molar-refractivity contribution < 1.29 is 33.8 Å². The SMILES string of the molecule is CN(CCCc1c[nH]cn1)CCC(O)(P(=O)(O)O)P(=O)(O)O. The van der Waals surface area contributed by atoms with E-state index in [0.717, 1.165) is 5.69 Å². The number of hydrogen-bond acceptors (Lipinski definition) is 5. The number of nitrogens with zero attached hydrogens (tertiary/aromatic N) is 2. The molecule has 0 saturated heterocycles. The van der Waals surface area contributed by atoms with Crippen molar-refractivity contribution in [2.24, 2.45) is 0 Å². The van der Waals surface area contributed by atoms with Crippen LogP contribution in [-0.4, -0.2) is 64.8 Å². The minimum Gasteiger partial charge on any atom is -0.367 e. The summed E-state index contributed by atoms with van der Waals surface area (Å²) >= 11 is 0. The van der Waals surface area contributed by atoms with Gasteiger partial charge in [0.25, 0.3) is 5.08 Å². The Morgan fingerprint density at radius 2 is 1.82 bits per heavy atom. The summed E-state index contributed by atoms with van der Waals surface area (Å²) in [6, 6.07) is 0. The summed E-state index contributed by atoms with van der Waals surface area (Å²) in [7, 11) is -9.13. The molecule has 1 aromatic rings. The van der Waals surface area contributed by atoms with Gasteiger partial charge in [-0.1, -0.05) is 0 Å². The summed E-state index contributed by atoms with van der Waals surface area (Å²) in [5.41, 5.74) is 0.871. The molecule has 0 fully saturated rings. The highest BCUT2D eigenvalue weighted by Crippen LogP contribution is 2.68. The molecule has 10 nitrogen and oxygen atoms in total. The second-order valence-electron chi connectivity index (χ2n) is 5.08. The number of aliphatic hydroxyl groups is 1. The summed E-state index contributed by atoms with van der Waals surface area (Å²) in [4.78, 5) is 44.6. The lowest BCUT2D eigenvalue weighted by molar-refractivity contribution is 0.112. The minimum absolute atomic E-state index is 0.0761. The van der Waals surface area contributed by atoms with Crippen molar-refractivity contribution >= 4 is 15.2 Å². The molecule has 0 aliphatic carbocycles. The third kappa shape index (κ3) is 4.97. The molecule has 0 saturated carbocycles. The predicted octanol–water partition coefficient (Wildman–Crippen LogP) is -0.334. The van der Waals surface area contributed by atoms with Gasteiger partial charge >= 0.3 is 15.2 Å². The summed E-state index contributed by atoms with van der Waals surface area (Å²) in [6.07, 6.45) is 3.96. The molecule has 12 heteroatoms. The average Bonchev–Trinajstić information content (AvgIpc) is 2.86. The first-order valence-corrected chi connectivity index (χ1v) is 9.70. The molecular weight excluding hydrogens is 336 g/mol. The average molecular weight is 357 g/mol. The highest BCUT2D eigenvalue weighted by molar-refractivity contribution is 7.72. The maximum absolute atomic E-state index is 11.2. The Kier molecular flexibility index (Phi) is 6.49. The van der Waals surface area contributed by atoms with E-state index in [1.807, 2.05) is 0 Å². The van der Waals surface area contributed by atoms with Crippen molar-refractivity contribution in [3.63, 3.8) is 0 Å². The molecular formula is C10H21N3O7P2. The fraction of sp³-hybridized carbons (Fsp3) is 0.700. The highest BCUT2D eigenvalue weighted by Gasteiger charge is 2.58. The van der Waals surface area contributed by atoms with Gasteiger partial charge in [-0.2, -0.15) is 0 Å². The van der Waals surface area contributed by atoms with Gasteiger partial charge in [0, 0.05) is 19.2 Å². The fourth-order valence-electron chi connectivity index (χ4n) is 1.87. The van der Waals surface area contributed by atoms with E-state index in [0.29, 0.717) is 19.4 Å². The molecule has 0 atom stereocenters. The molecule has 0 amide bonds. The Bertz CT molecular complexity index is 531. The van der Waals surface area contributed by atoms with Crippen molar-refractivity contribution in [2.75, 3.05) is 20.1 Å². The highest BCUT2D eigenvalue weighted by atomic mass is 31.2. The third-order valence-corrected chi connectivity index (χ3v) is 7.17. The zero-order valence-corrected chi connectivity index (χ0v) is 13.8. The van der Waals surface area contributed by atoms with E-state index in [1.54, 1.807) is 24.5 Å². The number of aryl methyl sites for hydroxylation is 1. The van der Waals surface area contributed by atoms with Gasteiger partial charge in [0.2, 0.25) is 0 Å². The summed E-state index contributed by atoms with van der Waals surface area (Å²) in [5.74, 6) is 0. The maximum atomic E-state index is 11.2. The van der Waals surface area contributed by atoms with E-state index < -0.39 is 26.7 Å². The summed E-state index contributed by atoms with van der Waals surface area (Å²) in [6.45, 7) is 0.443. The molecule has 0 aliphatic rings. The summed E-state index contributed by atoms with van der Waals surface area (Å²) < 4.78 is 22.4. The number of imidazole rings is 1. The van der Waals surface area contributed by atoms with Gasteiger partial charge in [-0.3, -0.25) is 9.13 Å². The van der Waals surface area contributed by atoms with Gasteiger partial charge < -0.3 is 34.6 Å². The topological polar surface area (TPSA) is 167 Å². The van der Waals surface area contributed by atoms with Crippen LogP contribution in [-0.2, 0) is 15.6 Å². The zero-order chi connectivity index (χ0) is 17.0. The Morgan fingerprint density at radius 3 is 2.27 bits per heavy atom. The van der Waals surface area contributed by atoms with E-state index in [9.17, 15) is 14.2 Å². The second kappa shape index (κ2) is 7.33. The number of H-pyrrole nitrogens is 1. The van der Waals surface area contributed by atoms with Gasteiger partial charge in [0.1, 0.15) is 0 Å². The van der Waals surface area contributed by atoms with Crippen LogP contribution >= 0.6 is 15.2 Å². The largest absolute Gasteiger partial charge is 0.369 e. The van der Waals surface area contributed by atoms with Gasteiger partial charge in [-0.25, -0.2) is 4.98 Å². The fourth-order valence-corrected chi connectivity index (χ4v) is 4.01. The minimum atomic E-state index is -5.38. The van der Waals surface area contributed by atoms with Crippen molar-refractivity contribution in [3.8, 4) is 0 Å². The molecule has 1 aromatic heterocycles. The van der Waals surface area contributed by atoms with Crippen LogP contribution in [0.2, 0.25) is 0 Å². The molecule has 0 bridgehead atoms. The molecule has 1 heterocycles. The lowest BCUT2D eigenvalue weighted by Crippen LogP contribution is -2.34. The number of aromatic nitrogens is 2. The number of nitrogens with one attached hydrogen (secondary N) is 1. The van der Waals surface area contributed by atoms with Crippen LogP contribution in [0.4, 0.5) is 0 Å². The van der Waals surface area contributed by atoms with E-state index >= 15 is 0 Å². The third-order valence-electron chi connectivity index (χ3n) is 3.29. The smallest absolute Gasteiger partial charge is 0.367 e. The van der Waals surface area contributed by atoms with Gasteiger partial charge in [0.05, 0.1) is 12.0 Å². The zero-order valence-electron chi connectivity index (χ0n) is 12.0. The molecule has 0 radical (unpaired) electrons. The van der Waals surface area contributed by atoms with Crippen LogP contribution < -0.4 is 0 Å². The Labute approximate surface area is 127 Å². The van der Waals surface area contributed by atoms with Crippen molar-refractivity contribution in [1.82, 2.24) is 14.9 Å². The second-order valence-corrected chi connectivity index (χ2v) is 9.09. The van der Waals surface area contributed by atoms with Crippen molar-refractivity contribution in [3.05, 3.63) is 18.2 Å². The van der Waals surface area contributed by atoms with Gasteiger partial charge in [-0.05, 0) is 26.4 Å². The molecule has 22 heavy (non-hydrogen) atoms. The number of hydrogen-bond donors (Lipinski definition) is 6. The van der Waals surface area contributed by atoms with Crippen molar-refractivity contribution in [2.45, 2.75) is 24.3 Å². The van der Waals surface area contributed by atoms with E-state index in [-0.39, 0.29) is 6.54 Å². The molecule has 0 aromatic carbocycles. The first-order valence-electron chi connectivity index (χ1n) is 6.47. The monoisotopic (exact) mass is 357 g/mol. The first-order chi connectivity index (χ1) is 9.97. The molecule has 0 unspecified atom stereocenters. The molecule has 6 N–H and O–H groups in total. The van der Waals surface area contributed by atoms with E-state index in [4.69, 9.17) is 19.6 Å². The van der Waals surface area contributed by atoms with E-state index in [2.05, 4.69) is 9.97 Å². The number of aromatic amines is 1. The van der Waals surface area contributed by atoms with Crippen LogP contribution in [0.15, 0.2) is 12.5 Å². The standard InChI is InChI=1S/C10H21N3O7P2/c1-13(5-2-3-9-7-11-8-12-9)6-4-10(14,21(15,16)17)22(18,19)20/h7-8,14H,2-6H2,1H3,(H,11,12)(H2,15,16,17)(H2,18,19,20). The van der Waals surface area contributed by atoms with Crippen LogP contribution in [0.3, 0.4) is 0 Å². The van der Waals surface area contributed by atoms with Gasteiger partial charge in [-0.15, -0.1) is 0 Å². The van der Waals surface area contributed by atoms with E-state index in [1.165, 1.54) is 0 Å². The van der Waals surface area contributed by atoms with Crippen LogP contribution in [0.25, 0.3) is 0 Å². The number of rotatable bonds is 9. The quantitative estimate of drug-likeness (QED) is 0.324. The Morgan fingerprint density at radius 1 is 1.23 bits per heavy atom. The van der Waals surface area contributed by atoms with Crippen LogP contribution in [0.5, 0.6) is 0 Å².